The van der Waals surface area contributed by atoms with Crippen LogP contribution >= 0.6 is 0 Å². The highest BCUT2D eigenvalue weighted by Crippen LogP contribution is 2.29. The monoisotopic (exact) mass is 339 g/mol. The fourth-order valence-corrected chi connectivity index (χ4v) is 3.69. The number of nitrogens with zero attached hydrogens (tertiary/aromatic N) is 2. The zero-order valence-corrected chi connectivity index (χ0v) is 14.2. The summed E-state index contributed by atoms with van der Waals surface area (Å²) < 4.78 is 5.28. The van der Waals surface area contributed by atoms with Crippen LogP contribution < -0.4 is 5.32 Å². The highest BCUT2D eigenvalue weighted by molar-refractivity contribution is 5.92. The molecule has 1 aliphatic carbocycles. The Hall–Kier alpha value is -2.63. The number of fused-ring (bicyclic) bond motifs is 1. The van der Waals surface area contributed by atoms with Crippen molar-refractivity contribution < 1.29 is 14.1 Å². The lowest BCUT2D eigenvalue weighted by Crippen LogP contribution is -2.29. The number of aryl methyl sites for hydroxylation is 2. The van der Waals surface area contributed by atoms with Gasteiger partial charge in [-0.1, -0.05) is 17.3 Å². The molecule has 25 heavy (non-hydrogen) atoms. The molecule has 1 unspecified atom stereocenters. The molecule has 130 valence electrons. The lowest BCUT2D eigenvalue weighted by molar-refractivity contribution is -0.128. The van der Waals surface area contributed by atoms with E-state index in [2.05, 4.69) is 28.7 Å². The zero-order chi connectivity index (χ0) is 17.4. The van der Waals surface area contributed by atoms with Gasteiger partial charge in [-0.15, -0.1) is 0 Å². The summed E-state index contributed by atoms with van der Waals surface area (Å²) in [4.78, 5) is 25.4. The zero-order valence-electron chi connectivity index (χ0n) is 14.2. The number of carbonyl (C=O) groups excluding carboxylic acids is 2. The molecule has 1 aromatic carbocycles. The fraction of sp³-hybridized carbons (Fsp3) is 0.421. The Labute approximate surface area is 146 Å². The Morgan fingerprint density at radius 2 is 2.08 bits per heavy atom. The first kappa shape index (κ1) is 15.9. The van der Waals surface area contributed by atoms with Gasteiger partial charge in [0.1, 0.15) is 5.69 Å². The summed E-state index contributed by atoms with van der Waals surface area (Å²) in [7, 11) is 0. The summed E-state index contributed by atoms with van der Waals surface area (Å²) in [5.74, 6) is 0.0356. The first-order valence-corrected chi connectivity index (χ1v) is 8.75. The maximum atomic E-state index is 12.3. The molecule has 1 aliphatic heterocycles. The van der Waals surface area contributed by atoms with Crippen LogP contribution in [0.15, 0.2) is 28.8 Å². The van der Waals surface area contributed by atoms with Crippen molar-refractivity contribution in [3.8, 4) is 11.3 Å². The van der Waals surface area contributed by atoms with Crippen LogP contribution in [-0.4, -0.2) is 35.0 Å². The fourth-order valence-electron chi connectivity index (χ4n) is 3.69. The van der Waals surface area contributed by atoms with Crippen LogP contribution in [0.25, 0.3) is 11.3 Å². The second-order valence-electron chi connectivity index (χ2n) is 6.85. The molecule has 6 heteroatoms. The standard InChI is InChI=1S/C19H21N3O3/c1-12(23)22-8-7-16(11-22)19(24)20-18-10-17(21-25-18)15-6-5-13-3-2-4-14(13)9-15/h5-6,9-10,16H,2-4,7-8,11H2,1H3,(H,20,24). The highest BCUT2D eigenvalue weighted by Gasteiger charge is 2.30. The van der Waals surface area contributed by atoms with E-state index in [0.29, 0.717) is 25.4 Å². The molecule has 4 rings (SSSR count). The number of amides is 2. The van der Waals surface area contributed by atoms with E-state index in [-0.39, 0.29) is 17.7 Å². The van der Waals surface area contributed by atoms with E-state index >= 15 is 0 Å². The normalized spacial score (nSPS) is 19.1. The molecule has 2 amide bonds. The van der Waals surface area contributed by atoms with E-state index in [1.54, 1.807) is 11.0 Å². The Morgan fingerprint density at radius 1 is 1.24 bits per heavy atom. The predicted molar refractivity (Wildman–Crippen MR) is 93.0 cm³/mol. The maximum Gasteiger partial charge on any atom is 0.231 e. The van der Waals surface area contributed by atoms with Gasteiger partial charge >= 0.3 is 0 Å². The van der Waals surface area contributed by atoms with Crippen molar-refractivity contribution in [2.24, 2.45) is 5.92 Å². The quantitative estimate of drug-likeness (QED) is 0.933. The van der Waals surface area contributed by atoms with Crippen molar-refractivity contribution in [2.45, 2.75) is 32.6 Å². The topological polar surface area (TPSA) is 75.4 Å². The number of aromatic nitrogens is 1. The Morgan fingerprint density at radius 3 is 2.88 bits per heavy atom. The van der Waals surface area contributed by atoms with Crippen LogP contribution in [0.2, 0.25) is 0 Å². The summed E-state index contributed by atoms with van der Waals surface area (Å²) in [6.07, 6.45) is 4.14. The summed E-state index contributed by atoms with van der Waals surface area (Å²) in [5.41, 5.74) is 4.52. The van der Waals surface area contributed by atoms with Gasteiger partial charge in [0.25, 0.3) is 0 Å². The number of benzene rings is 1. The van der Waals surface area contributed by atoms with Gasteiger partial charge in [0.15, 0.2) is 0 Å². The molecular weight excluding hydrogens is 318 g/mol. The Kier molecular flexibility index (Phi) is 4.03. The smallest absolute Gasteiger partial charge is 0.231 e. The molecule has 1 saturated heterocycles. The van der Waals surface area contributed by atoms with Gasteiger partial charge in [-0.05, 0) is 42.9 Å². The van der Waals surface area contributed by atoms with Gasteiger partial charge < -0.3 is 9.42 Å². The van der Waals surface area contributed by atoms with Gasteiger partial charge in [-0.25, -0.2) is 0 Å². The summed E-state index contributed by atoms with van der Waals surface area (Å²) in [6, 6.07) is 8.12. The molecule has 2 aromatic rings. The minimum Gasteiger partial charge on any atom is -0.342 e. The second-order valence-corrected chi connectivity index (χ2v) is 6.85. The Balaban J connectivity index is 1.43. The van der Waals surface area contributed by atoms with E-state index in [1.807, 2.05) is 0 Å². The molecule has 6 nitrogen and oxygen atoms in total. The molecule has 1 aromatic heterocycles. The molecule has 0 spiro atoms. The first-order valence-electron chi connectivity index (χ1n) is 8.75. The van der Waals surface area contributed by atoms with E-state index < -0.39 is 0 Å². The molecule has 0 saturated carbocycles. The minimum absolute atomic E-state index is 0.00820. The maximum absolute atomic E-state index is 12.3. The van der Waals surface area contributed by atoms with Crippen LogP contribution in [0.5, 0.6) is 0 Å². The third kappa shape index (κ3) is 3.16. The van der Waals surface area contributed by atoms with Crippen molar-refractivity contribution in [2.75, 3.05) is 18.4 Å². The van der Waals surface area contributed by atoms with Crippen molar-refractivity contribution in [3.63, 3.8) is 0 Å². The van der Waals surface area contributed by atoms with Crippen molar-refractivity contribution in [1.82, 2.24) is 10.1 Å². The van der Waals surface area contributed by atoms with Gasteiger partial charge in [-0.2, -0.15) is 0 Å². The third-order valence-corrected chi connectivity index (χ3v) is 5.16. The number of nitrogens with one attached hydrogen (secondary N) is 1. The van der Waals surface area contributed by atoms with Gasteiger partial charge in [0.05, 0.1) is 5.92 Å². The molecule has 2 heterocycles. The minimum atomic E-state index is -0.197. The van der Waals surface area contributed by atoms with E-state index in [0.717, 1.165) is 24.1 Å². The van der Waals surface area contributed by atoms with E-state index in [4.69, 9.17) is 4.52 Å². The first-order chi connectivity index (χ1) is 12.1. The number of hydrogen-bond donors (Lipinski definition) is 1. The Bertz CT molecular complexity index is 827. The van der Waals surface area contributed by atoms with Crippen molar-refractivity contribution >= 4 is 17.7 Å². The van der Waals surface area contributed by atoms with Gasteiger partial charge in [0, 0.05) is 31.6 Å². The predicted octanol–water partition coefficient (Wildman–Crippen LogP) is 2.64. The van der Waals surface area contributed by atoms with E-state index in [9.17, 15) is 9.59 Å². The number of rotatable bonds is 3. The van der Waals surface area contributed by atoms with Crippen LogP contribution in [0, 0.1) is 5.92 Å². The molecule has 1 N–H and O–H groups in total. The SMILES string of the molecule is CC(=O)N1CCC(C(=O)Nc2cc(-c3ccc4c(c3)CCC4)no2)C1. The lowest BCUT2D eigenvalue weighted by atomic mass is 10.0. The average molecular weight is 339 g/mol. The number of hydrogen-bond acceptors (Lipinski definition) is 4. The number of likely N-dealkylation sites (tertiary alicyclic amines) is 1. The highest BCUT2D eigenvalue weighted by atomic mass is 16.5. The lowest BCUT2D eigenvalue weighted by Gasteiger charge is -2.13. The number of carbonyl (C=O) groups is 2. The summed E-state index contributed by atoms with van der Waals surface area (Å²) >= 11 is 0. The molecule has 0 bridgehead atoms. The molecule has 2 aliphatic rings. The second kappa shape index (κ2) is 6.35. The van der Waals surface area contributed by atoms with Crippen LogP contribution in [0.1, 0.15) is 30.9 Å². The summed E-state index contributed by atoms with van der Waals surface area (Å²) in [5, 5.41) is 6.86. The largest absolute Gasteiger partial charge is 0.342 e. The van der Waals surface area contributed by atoms with Crippen molar-refractivity contribution in [1.29, 1.82) is 0 Å². The van der Waals surface area contributed by atoms with Crippen LogP contribution in [0.3, 0.4) is 0 Å². The van der Waals surface area contributed by atoms with Gasteiger partial charge in [-0.3, -0.25) is 14.9 Å². The van der Waals surface area contributed by atoms with Crippen LogP contribution in [0.4, 0.5) is 5.88 Å². The summed E-state index contributed by atoms with van der Waals surface area (Å²) in [6.45, 7) is 2.62. The number of anilines is 1. The van der Waals surface area contributed by atoms with E-state index in [1.165, 1.54) is 24.5 Å². The van der Waals surface area contributed by atoms with Gasteiger partial charge in [0.2, 0.25) is 17.7 Å². The molecular formula is C19H21N3O3. The molecule has 1 fully saturated rings. The molecule has 0 radical (unpaired) electrons. The molecule has 1 atom stereocenters. The third-order valence-electron chi connectivity index (χ3n) is 5.16. The van der Waals surface area contributed by atoms with Crippen molar-refractivity contribution in [3.05, 3.63) is 35.4 Å². The average Bonchev–Trinajstić information content (AvgIpc) is 3.33. The van der Waals surface area contributed by atoms with Crippen LogP contribution in [-0.2, 0) is 22.4 Å².